The fourth-order valence-electron chi connectivity index (χ4n) is 2.38. The highest BCUT2D eigenvalue weighted by Crippen LogP contribution is 2.32. The first-order chi connectivity index (χ1) is 10.7. The molecule has 0 aromatic heterocycles. The first-order valence-electron chi connectivity index (χ1n) is 7.84. The molecule has 0 spiro atoms. The first kappa shape index (κ1) is 18.6. The molecule has 0 aliphatic carbocycles. The second-order valence-corrected chi connectivity index (χ2v) is 4.71. The van der Waals surface area contributed by atoms with Gasteiger partial charge in [-0.1, -0.05) is 24.3 Å². The highest BCUT2D eigenvalue weighted by Gasteiger charge is 2.45. The summed E-state index contributed by atoms with van der Waals surface area (Å²) >= 11 is 0. The lowest BCUT2D eigenvalue weighted by Crippen LogP contribution is -2.44. The van der Waals surface area contributed by atoms with Gasteiger partial charge in [-0.25, -0.2) is 4.79 Å². The van der Waals surface area contributed by atoms with Gasteiger partial charge in [0, 0.05) is 18.8 Å². The summed E-state index contributed by atoms with van der Waals surface area (Å²) in [6.45, 7) is 7.21. The second-order valence-electron chi connectivity index (χ2n) is 4.71. The zero-order valence-corrected chi connectivity index (χ0v) is 14.0. The van der Waals surface area contributed by atoms with E-state index in [0.717, 1.165) is 18.5 Å². The summed E-state index contributed by atoms with van der Waals surface area (Å²) in [6, 6.07) is 7.68. The van der Waals surface area contributed by atoms with Gasteiger partial charge in [-0.05, 0) is 46.3 Å². The van der Waals surface area contributed by atoms with Gasteiger partial charge in [-0.3, -0.25) is 0 Å². The minimum atomic E-state index is -1.50. The lowest BCUT2D eigenvalue weighted by molar-refractivity contribution is -0.252. The van der Waals surface area contributed by atoms with Crippen molar-refractivity contribution in [3.05, 3.63) is 35.4 Å². The van der Waals surface area contributed by atoms with Crippen LogP contribution in [0.25, 0.3) is 0 Å². The van der Waals surface area contributed by atoms with Crippen molar-refractivity contribution in [2.45, 2.75) is 33.0 Å². The molecule has 0 aliphatic rings. The van der Waals surface area contributed by atoms with Crippen molar-refractivity contribution in [3.63, 3.8) is 0 Å². The Morgan fingerprint density at radius 1 is 1.09 bits per heavy atom. The third-order valence-electron chi connectivity index (χ3n) is 3.26. The molecule has 0 radical (unpaired) electrons. The summed E-state index contributed by atoms with van der Waals surface area (Å²) < 4.78 is 16.8. The number of hydrogen-bond donors (Lipinski definition) is 1. The maximum atomic E-state index is 12.6. The Kier molecular flexibility index (Phi) is 8.09. The molecule has 0 bridgehead atoms. The largest absolute Gasteiger partial charge is 0.462 e. The Hall–Kier alpha value is -1.43. The minimum Gasteiger partial charge on any atom is -0.462 e. The van der Waals surface area contributed by atoms with Crippen molar-refractivity contribution < 1.29 is 19.0 Å². The molecule has 1 rings (SSSR count). The topological polar surface area (TPSA) is 56.8 Å². The maximum absolute atomic E-state index is 12.6. The molecule has 1 N–H and O–H groups in total. The standard InChI is InChI=1S/C17H27NO4/c1-5-20-16(19)17(21-6-2,22-7-3)15-11-9-8-10-14(15)12-13-18-4/h8-11,18H,5-7,12-13H2,1-4H3. The predicted octanol–water partition coefficient (Wildman–Crippen LogP) is 2.24. The van der Waals surface area contributed by atoms with E-state index in [-0.39, 0.29) is 6.61 Å². The van der Waals surface area contributed by atoms with Crippen molar-refractivity contribution in [1.82, 2.24) is 5.32 Å². The predicted molar refractivity (Wildman–Crippen MR) is 85.6 cm³/mol. The summed E-state index contributed by atoms with van der Waals surface area (Å²) in [5, 5.41) is 3.12. The van der Waals surface area contributed by atoms with Crippen LogP contribution in [-0.4, -0.2) is 39.4 Å². The molecule has 0 atom stereocenters. The van der Waals surface area contributed by atoms with Crippen molar-refractivity contribution >= 4 is 5.97 Å². The molecule has 1 aromatic carbocycles. The molecule has 0 unspecified atom stereocenters. The summed E-state index contributed by atoms with van der Waals surface area (Å²) in [5.74, 6) is -2.00. The Labute approximate surface area is 132 Å². The summed E-state index contributed by atoms with van der Waals surface area (Å²) in [6.07, 6.45) is 0.772. The van der Waals surface area contributed by atoms with E-state index in [1.807, 2.05) is 45.2 Å². The summed E-state index contributed by atoms with van der Waals surface area (Å²) in [5.41, 5.74) is 1.72. The number of ether oxygens (including phenoxy) is 3. The molecular weight excluding hydrogens is 282 g/mol. The van der Waals surface area contributed by atoms with Gasteiger partial charge >= 0.3 is 5.97 Å². The van der Waals surface area contributed by atoms with E-state index in [4.69, 9.17) is 14.2 Å². The van der Waals surface area contributed by atoms with E-state index in [9.17, 15) is 4.79 Å². The van der Waals surface area contributed by atoms with E-state index in [0.29, 0.717) is 18.8 Å². The molecule has 0 aliphatic heterocycles. The average Bonchev–Trinajstić information content (AvgIpc) is 2.53. The molecule has 5 nitrogen and oxygen atoms in total. The highest BCUT2D eigenvalue weighted by atomic mass is 16.7. The van der Waals surface area contributed by atoms with E-state index in [2.05, 4.69) is 5.32 Å². The SMILES string of the molecule is CCOC(=O)C(OCC)(OCC)c1ccccc1CCNC. The van der Waals surface area contributed by atoms with Crippen LogP contribution in [0.15, 0.2) is 24.3 Å². The van der Waals surface area contributed by atoms with E-state index in [1.165, 1.54) is 0 Å². The van der Waals surface area contributed by atoms with Crippen molar-refractivity contribution in [1.29, 1.82) is 0 Å². The van der Waals surface area contributed by atoms with Crippen molar-refractivity contribution in [3.8, 4) is 0 Å². The molecule has 0 amide bonds. The number of benzene rings is 1. The number of likely N-dealkylation sites (N-methyl/N-ethyl adjacent to an activating group) is 1. The van der Waals surface area contributed by atoms with E-state index >= 15 is 0 Å². The van der Waals surface area contributed by atoms with Gasteiger partial charge in [0.2, 0.25) is 0 Å². The molecular formula is C17H27NO4. The summed E-state index contributed by atoms with van der Waals surface area (Å²) in [7, 11) is 1.90. The number of hydrogen-bond acceptors (Lipinski definition) is 5. The van der Waals surface area contributed by atoms with Crippen LogP contribution >= 0.6 is 0 Å². The number of nitrogens with one attached hydrogen (secondary N) is 1. The molecule has 0 saturated carbocycles. The van der Waals surface area contributed by atoms with E-state index < -0.39 is 11.8 Å². The third kappa shape index (κ3) is 4.29. The number of esters is 1. The molecule has 1 aromatic rings. The molecule has 0 fully saturated rings. The monoisotopic (exact) mass is 309 g/mol. The van der Waals surface area contributed by atoms with Crippen molar-refractivity contribution in [2.24, 2.45) is 0 Å². The Morgan fingerprint density at radius 3 is 2.27 bits per heavy atom. The van der Waals surface area contributed by atoms with Crippen LogP contribution in [0.5, 0.6) is 0 Å². The lowest BCUT2D eigenvalue weighted by atomic mass is 9.96. The number of rotatable bonds is 10. The number of carbonyl (C=O) groups is 1. The third-order valence-corrected chi connectivity index (χ3v) is 3.26. The fourth-order valence-corrected chi connectivity index (χ4v) is 2.38. The quantitative estimate of drug-likeness (QED) is 0.530. The van der Waals surface area contributed by atoms with E-state index in [1.54, 1.807) is 6.92 Å². The average molecular weight is 309 g/mol. The van der Waals surface area contributed by atoms with Crippen LogP contribution in [0.1, 0.15) is 31.9 Å². The normalized spacial score (nSPS) is 11.5. The molecule has 124 valence electrons. The lowest BCUT2D eigenvalue weighted by Gasteiger charge is -2.32. The van der Waals surface area contributed by atoms with Gasteiger partial charge in [0.15, 0.2) is 0 Å². The molecule has 0 saturated heterocycles. The van der Waals surface area contributed by atoms with Gasteiger partial charge in [0.05, 0.1) is 6.61 Å². The van der Waals surface area contributed by atoms with Crippen LogP contribution in [0.3, 0.4) is 0 Å². The minimum absolute atomic E-state index is 0.277. The Bertz CT molecular complexity index is 456. The highest BCUT2D eigenvalue weighted by molar-refractivity contribution is 5.80. The van der Waals surface area contributed by atoms with Gasteiger partial charge in [0.1, 0.15) is 0 Å². The van der Waals surface area contributed by atoms with Gasteiger partial charge in [0.25, 0.3) is 5.79 Å². The zero-order chi connectivity index (χ0) is 16.4. The summed E-state index contributed by atoms with van der Waals surface area (Å²) in [4.78, 5) is 12.6. The Balaban J connectivity index is 3.32. The Morgan fingerprint density at radius 2 is 1.73 bits per heavy atom. The van der Waals surface area contributed by atoms with Crippen molar-refractivity contribution in [2.75, 3.05) is 33.4 Å². The zero-order valence-electron chi connectivity index (χ0n) is 14.0. The van der Waals surface area contributed by atoms with Crippen LogP contribution in [0, 0.1) is 0 Å². The molecule has 22 heavy (non-hydrogen) atoms. The van der Waals surface area contributed by atoms with Crippen LogP contribution < -0.4 is 5.32 Å². The molecule has 0 heterocycles. The second kappa shape index (κ2) is 9.56. The maximum Gasteiger partial charge on any atom is 0.372 e. The van der Waals surface area contributed by atoms with Crippen LogP contribution in [0.2, 0.25) is 0 Å². The van der Waals surface area contributed by atoms with Gasteiger partial charge in [-0.2, -0.15) is 0 Å². The fraction of sp³-hybridized carbons (Fsp3) is 0.588. The van der Waals surface area contributed by atoms with Crippen LogP contribution in [-0.2, 0) is 31.2 Å². The van der Waals surface area contributed by atoms with Gasteiger partial charge in [-0.15, -0.1) is 0 Å². The smallest absolute Gasteiger partial charge is 0.372 e. The van der Waals surface area contributed by atoms with Gasteiger partial charge < -0.3 is 19.5 Å². The molecule has 5 heteroatoms. The van der Waals surface area contributed by atoms with Crippen LogP contribution in [0.4, 0.5) is 0 Å². The number of carbonyl (C=O) groups excluding carboxylic acids is 1. The first-order valence-corrected chi connectivity index (χ1v) is 7.84.